The molecule has 1 N–H and O–H groups in total. The van der Waals surface area contributed by atoms with Crippen LogP contribution >= 0.6 is 0 Å². The third-order valence-electron chi connectivity index (χ3n) is 2.97. The molecule has 0 spiro atoms. The van der Waals surface area contributed by atoms with Crippen LogP contribution < -0.4 is 5.32 Å². The summed E-state index contributed by atoms with van der Waals surface area (Å²) >= 11 is 0. The molecule has 0 saturated heterocycles. The van der Waals surface area contributed by atoms with Crippen molar-refractivity contribution >= 4 is 16.9 Å². The third kappa shape index (κ3) is 3.56. The predicted molar refractivity (Wildman–Crippen MR) is 76.6 cm³/mol. The van der Waals surface area contributed by atoms with Gasteiger partial charge >= 0.3 is 0 Å². The van der Waals surface area contributed by atoms with Gasteiger partial charge in [0, 0.05) is 20.0 Å². The fourth-order valence-corrected chi connectivity index (χ4v) is 2.04. The highest BCUT2D eigenvalue weighted by molar-refractivity contribution is 5.78. The van der Waals surface area contributed by atoms with Gasteiger partial charge in [0.05, 0.1) is 17.4 Å². The normalized spacial score (nSPS) is 11.8. The van der Waals surface area contributed by atoms with Crippen molar-refractivity contribution in [2.75, 3.05) is 0 Å². The molecule has 1 aromatic heterocycles. The maximum absolute atomic E-state index is 11.8. The first-order chi connectivity index (χ1) is 8.85. The quantitative estimate of drug-likeness (QED) is 0.921. The number of aryl methyl sites for hydroxylation is 1. The summed E-state index contributed by atoms with van der Waals surface area (Å²) in [5, 5.41) is 2.95. The molecule has 2 aromatic rings. The summed E-state index contributed by atoms with van der Waals surface area (Å²) in [4.78, 5) is 16.1. The maximum Gasteiger partial charge on any atom is 0.220 e. The first-order valence-electron chi connectivity index (χ1n) is 6.52. The molecular weight excluding hydrogens is 238 g/mol. The van der Waals surface area contributed by atoms with Crippen molar-refractivity contribution in [1.82, 2.24) is 14.9 Å². The lowest BCUT2D eigenvalue weighted by atomic mass is 9.92. The highest BCUT2D eigenvalue weighted by atomic mass is 16.1. The molecule has 1 heterocycles. The second kappa shape index (κ2) is 5.03. The Kier molecular flexibility index (Phi) is 3.60. The summed E-state index contributed by atoms with van der Waals surface area (Å²) in [5.74, 6) is 0.0913. The number of aromatic nitrogens is 2. The van der Waals surface area contributed by atoms with E-state index >= 15 is 0 Å². The number of hydrogen-bond donors (Lipinski definition) is 1. The lowest BCUT2D eigenvalue weighted by Gasteiger charge is -2.17. The number of carbonyl (C=O) groups excluding carboxylic acids is 1. The van der Waals surface area contributed by atoms with Gasteiger partial charge in [0.1, 0.15) is 0 Å². The zero-order valence-corrected chi connectivity index (χ0v) is 12.0. The van der Waals surface area contributed by atoms with Gasteiger partial charge in [-0.3, -0.25) is 4.79 Å². The van der Waals surface area contributed by atoms with E-state index in [1.165, 1.54) is 0 Å². The lowest BCUT2D eigenvalue weighted by Crippen LogP contribution is -2.27. The number of carbonyl (C=O) groups is 1. The van der Waals surface area contributed by atoms with E-state index in [1.807, 2.05) is 29.8 Å². The Morgan fingerprint density at radius 3 is 2.79 bits per heavy atom. The molecule has 0 bridgehead atoms. The monoisotopic (exact) mass is 259 g/mol. The SMILES string of the molecule is Cn1cnc2cc(CNC(=O)CC(C)(C)C)ccc21. The first kappa shape index (κ1) is 13.6. The maximum atomic E-state index is 11.8. The topological polar surface area (TPSA) is 46.9 Å². The van der Waals surface area contributed by atoms with Crippen LogP contribution in [-0.2, 0) is 18.4 Å². The van der Waals surface area contributed by atoms with Gasteiger partial charge in [-0.25, -0.2) is 4.98 Å². The molecule has 0 atom stereocenters. The van der Waals surface area contributed by atoms with E-state index in [1.54, 1.807) is 6.33 Å². The van der Waals surface area contributed by atoms with Crippen molar-refractivity contribution in [1.29, 1.82) is 0 Å². The number of imidazole rings is 1. The van der Waals surface area contributed by atoms with Gasteiger partial charge in [0.15, 0.2) is 0 Å². The molecule has 4 nitrogen and oxygen atoms in total. The molecule has 2 rings (SSSR count). The van der Waals surface area contributed by atoms with Gasteiger partial charge in [-0.1, -0.05) is 26.8 Å². The molecule has 4 heteroatoms. The van der Waals surface area contributed by atoms with Crippen molar-refractivity contribution in [2.45, 2.75) is 33.7 Å². The minimum Gasteiger partial charge on any atom is -0.352 e. The van der Waals surface area contributed by atoms with E-state index in [-0.39, 0.29) is 11.3 Å². The molecule has 0 aliphatic carbocycles. The smallest absolute Gasteiger partial charge is 0.220 e. The van der Waals surface area contributed by atoms with Crippen molar-refractivity contribution in [3.05, 3.63) is 30.1 Å². The molecule has 1 amide bonds. The van der Waals surface area contributed by atoms with E-state index in [2.05, 4.69) is 31.1 Å². The van der Waals surface area contributed by atoms with E-state index in [0.717, 1.165) is 16.6 Å². The molecule has 0 unspecified atom stereocenters. The van der Waals surface area contributed by atoms with Crippen molar-refractivity contribution in [3.63, 3.8) is 0 Å². The Hall–Kier alpha value is -1.84. The minimum atomic E-state index is 0.0228. The van der Waals surface area contributed by atoms with Gasteiger partial charge in [-0.15, -0.1) is 0 Å². The van der Waals surface area contributed by atoms with E-state index in [0.29, 0.717) is 13.0 Å². The summed E-state index contributed by atoms with van der Waals surface area (Å²) in [6.45, 7) is 6.74. The second-order valence-electron chi connectivity index (χ2n) is 6.19. The van der Waals surface area contributed by atoms with Crippen molar-refractivity contribution < 1.29 is 4.79 Å². The van der Waals surface area contributed by atoms with Crippen molar-refractivity contribution in [2.24, 2.45) is 12.5 Å². The molecule has 102 valence electrons. The average molecular weight is 259 g/mol. The number of fused-ring (bicyclic) bond motifs is 1. The van der Waals surface area contributed by atoms with Crippen LogP contribution in [0.5, 0.6) is 0 Å². The van der Waals surface area contributed by atoms with E-state index in [4.69, 9.17) is 0 Å². The van der Waals surface area contributed by atoms with Gasteiger partial charge in [-0.2, -0.15) is 0 Å². The van der Waals surface area contributed by atoms with Gasteiger partial charge < -0.3 is 9.88 Å². The number of rotatable bonds is 3. The Bertz CT molecular complexity index is 593. The van der Waals surface area contributed by atoms with Gasteiger partial charge in [-0.05, 0) is 23.1 Å². The summed E-state index contributed by atoms with van der Waals surface area (Å²) in [6, 6.07) is 6.08. The van der Waals surface area contributed by atoms with Crippen LogP contribution in [0.1, 0.15) is 32.8 Å². The number of nitrogens with one attached hydrogen (secondary N) is 1. The van der Waals surface area contributed by atoms with Gasteiger partial charge in [0.2, 0.25) is 5.91 Å². The van der Waals surface area contributed by atoms with E-state index in [9.17, 15) is 4.79 Å². The zero-order chi connectivity index (χ0) is 14.0. The number of amides is 1. The Morgan fingerprint density at radius 1 is 1.37 bits per heavy atom. The first-order valence-corrected chi connectivity index (χ1v) is 6.52. The fraction of sp³-hybridized carbons (Fsp3) is 0.467. The van der Waals surface area contributed by atoms with Crippen LogP contribution in [-0.4, -0.2) is 15.5 Å². The van der Waals surface area contributed by atoms with Crippen LogP contribution in [0.4, 0.5) is 0 Å². The van der Waals surface area contributed by atoms with Crippen LogP contribution in [0, 0.1) is 5.41 Å². The molecule has 19 heavy (non-hydrogen) atoms. The molecule has 0 fully saturated rings. The Morgan fingerprint density at radius 2 is 2.11 bits per heavy atom. The van der Waals surface area contributed by atoms with Crippen LogP contribution in [0.15, 0.2) is 24.5 Å². The Balaban J connectivity index is 2.00. The van der Waals surface area contributed by atoms with Gasteiger partial charge in [0.25, 0.3) is 0 Å². The average Bonchev–Trinajstić information content (AvgIpc) is 2.66. The van der Waals surface area contributed by atoms with Crippen LogP contribution in [0.2, 0.25) is 0 Å². The Labute approximate surface area is 113 Å². The summed E-state index contributed by atoms with van der Waals surface area (Å²) in [6.07, 6.45) is 2.34. The van der Waals surface area contributed by atoms with Crippen molar-refractivity contribution in [3.8, 4) is 0 Å². The highest BCUT2D eigenvalue weighted by Crippen LogP contribution is 2.18. The lowest BCUT2D eigenvalue weighted by molar-refractivity contribution is -0.122. The summed E-state index contributed by atoms with van der Waals surface area (Å²) in [5.41, 5.74) is 3.16. The fourth-order valence-electron chi connectivity index (χ4n) is 2.04. The molecule has 0 radical (unpaired) electrons. The zero-order valence-electron chi connectivity index (χ0n) is 12.0. The van der Waals surface area contributed by atoms with Crippen LogP contribution in [0.25, 0.3) is 11.0 Å². The summed E-state index contributed by atoms with van der Waals surface area (Å²) < 4.78 is 1.98. The molecule has 1 aromatic carbocycles. The number of benzene rings is 1. The molecule has 0 aliphatic rings. The molecular formula is C15H21N3O. The number of nitrogens with zero attached hydrogens (tertiary/aromatic N) is 2. The molecule has 0 aliphatic heterocycles. The summed E-state index contributed by atoms with van der Waals surface area (Å²) in [7, 11) is 1.97. The third-order valence-corrected chi connectivity index (χ3v) is 2.97. The van der Waals surface area contributed by atoms with E-state index < -0.39 is 0 Å². The van der Waals surface area contributed by atoms with Crippen LogP contribution in [0.3, 0.4) is 0 Å². The molecule has 0 saturated carbocycles. The second-order valence-corrected chi connectivity index (χ2v) is 6.19. The number of hydrogen-bond acceptors (Lipinski definition) is 2. The largest absolute Gasteiger partial charge is 0.352 e. The predicted octanol–water partition coefficient (Wildman–Crippen LogP) is 2.63. The minimum absolute atomic E-state index is 0.0228. The highest BCUT2D eigenvalue weighted by Gasteiger charge is 2.15. The standard InChI is InChI=1S/C15H21N3O/c1-15(2,3)8-14(19)16-9-11-5-6-13-12(7-11)17-10-18(13)4/h5-7,10H,8-9H2,1-4H3,(H,16,19).